The van der Waals surface area contributed by atoms with E-state index in [9.17, 15) is 4.79 Å². The number of hydrogen-bond acceptors (Lipinski definition) is 1. The number of aromatic nitrogens is 1. The highest BCUT2D eigenvalue weighted by Crippen LogP contribution is 2.19. The summed E-state index contributed by atoms with van der Waals surface area (Å²) in [6.07, 6.45) is 0. The fraction of sp³-hybridized carbons (Fsp3) is 0.182. The Morgan fingerprint density at radius 2 is 2.07 bits per heavy atom. The molecule has 72 valence electrons. The Balaban J connectivity index is 2.80. The van der Waals surface area contributed by atoms with E-state index in [1.807, 2.05) is 42.8 Å². The summed E-state index contributed by atoms with van der Waals surface area (Å²) >= 11 is 0. The molecule has 0 bridgehead atoms. The first-order valence-corrected chi connectivity index (χ1v) is 4.45. The van der Waals surface area contributed by atoms with E-state index >= 15 is 0 Å². The van der Waals surface area contributed by atoms with Gasteiger partial charge in [-0.2, -0.15) is 0 Å². The Morgan fingerprint density at radius 1 is 1.36 bits per heavy atom. The third-order valence-corrected chi connectivity index (χ3v) is 2.45. The minimum absolute atomic E-state index is 0.388. The first kappa shape index (κ1) is 8.81. The normalized spacial score (nSPS) is 10.7. The topological polar surface area (TPSA) is 48.0 Å². The van der Waals surface area contributed by atoms with Crippen LogP contribution in [0.25, 0.3) is 10.9 Å². The summed E-state index contributed by atoms with van der Waals surface area (Å²) in [4.78, 5) is 11.1. The second kappa shape index (κ2) is 2.87. The van der Waals surface area contributed by atoms with E-state index in [4.69, 9.17) is 5.73 Å². The number of aryl methyl sites for hydroxylation is 2. The highest BCUT2D eigenvalue weighted by Gasteiger charge is 2.09. The van der Waals surface area contributed by atoms with Gasteiger partial charge in [0.2, 0.25) is 0 Å². The van der Waals surface area contributed by atoms with Crippen molar-refractivity contribution in [3.8, 4) is 0 Å². The van der Waals surface area contributed by atoms with E-state index in [-0.39, 0.29) is 5.91 Å². The molecule has 1 aromatic heterocycles. The van der Waals surface area contributed by atoms with Crippen molar-refractivity contribution >= 4 is 16.8 Å². The lowest BCUT2D eigenvalue weighted by atomic mass is 10.2. The van der Waals surface area contributed by atoms with Crippen LogP contribution >= 0.6 is 0 Å². The van der Waals surface area contributed by atoms with Crippen LogP contribution < -0.4 is 5.73 Å². The molecule has 2 rings (SSSR count). The zero-order chi connectivity index (χ0) is 10.3. The number of carbonyl (C=O) groups excluding carboxylic acids is 1. The van der Waals surface area contributed by atoms with Crippen molar-refractivity contribution in [3.63, 3.8) is 0 Å². The van der Waals surface area contributed by atoms with Crippen molar-refractivity contribution < 1.29 is 4.79 Å². The Labute approximate surface area is 82.1 Å². The fourth-order valence-corrected chi connectivity index (χ4v) is 1.68. The van der Waals surface area contributed by atoms with E-state index in [1.54, 1.807) is 0 Å². The number of hydrogen-bond donors (Lipinski definition) is 1. The molecular weight excluding hydrogens is 176 g/mol. The highest BCUT2D eigenvalue weighted by molar-refractivity contribution is 5.97. The standard InChI is InChI=1S/C11H12N2O/c1-7-3-4-8-6-10(11(12)14)13(2)9(8)5-7/h3-6H,1-2H3,(H2,12,14). The van der Waals surface area contributed by atoms with Gasteiger partial charge >= 0.3 is 0 Å². The monoisotopic (exact) mass is 188 g/mol. The maximum absolute atomic E-state index is 11.1. The molecule has 0 radical (unpaired) electrons. The minimum atomic E-state index is -0.388. The first-order chi connectivity index (χ1) is 6.59. The number of carbonyl (C=O) groups is 1. The highest BCUT2D eigenvalue weighted by atomic mass is 16.1. The fourth-order valence-electron chi connectivity index (χ4n) is 1.68. The van der Waals surface area contributed by atoms with Crippen LogP contribution in [0.1, 0.15) is 16.1 Å². The maximum atomic E-state index is 11.1. The van der Waals surface area contributed by atoms with Gasteiger partial charge in [0.15, 0.2) is 0 Å². The Bertz CT molecular complexity index is 511. The number of nitrogens with two attached hydrogens (primary N) is 1. The van der Waals surface area contributed by atoms with Gasteiger partial charge in [-0.05, 0) is 24.6 Å². The van der Waals surface area contributed by atoms with Crippen LogP contribution in [0, 0.1) is 6.92 Å². The second-order valence-corrected chi connectivity index (χ2v) is 3.52. The van der Waals surface area contributed by atoms with Crippen molar-refractivity contribution in [2.24, 2.45) is 12.8 Å². The molecule has 0 fully saturated rings. The summed E-state index contributed by atoms with van der Waals surface area (Å²) in [5.74, 6) is -0.388. The summed E-state index contributed by atoms with van der Waals surface area (Å²) in [5.41, 5.74) is 8.02. The number of fused-ring (bicyclic) bond motifs is 1. The van der Waals surface area contributed by atoms with Crippen molar-refractivity contribution in [1.29, 1.82) is 0 Å². The smallest absolute Gasteiger partial charge is 0.265 e. The summed E-state index contributed by atoms with van der Waals surface area (Å²) in [6, 6.07) is 7.88. The van der Waals surface area contributed by atoms with Gasteiger partial charge in [-0.25, -0.2) is 0 Å². The number of primary amides is 1. The van der Waals surface area contributed by atoms with Gasteiger partial charge in [0.1, 0.15) is 5.69 Å². The summed E-state index contributed by atoms with van der Waals surface area (Å²) in [5, 5.41) is 1.05. The molecule has 0 spiro atoms. The van der Waals surface area contributed by atoms with Gasteiger partial charge in [-0.3, -0.25) is 4.79 Å². The van der Waals surface area contributed by atoms with Gasteiger partial charge in [0.25, 0.3) is 5.91 Å². The van der Waals surface area contributed by atoms with Crippen LogP contribution in [0.5, 0.6) is 0 Å². The predicted octanol–water partition coefficient (Wildman–Crippen LogP) is 1.59. The van der Waals surface area contributed by atoms with Crippen LogP contribution in [0.3, 0.4) is 0 Å². The van der Waals surface area contributed by atoms with Crippen molar-refractivity contribution in [3.05, 3.63) is 35.5 Å². The molecule has 2 N–H and O–H groups in total. The van der Waals surface area contributed by atoms with E-state index in [0.717, 1.165) is 10.9 Å². The molecule has 3 heteroatoms. The van der Waals surface area contributed by atoms with Crippen molar-refractivity contribution in [2.45, 2.75) is 6.92 Å². The van der Waals surface area contributed by atoms with Crippen LogP contribution in [0.4, 0.5) is 0 Å². The Morgan fingerprint density at radius 3 is 2.71 bits per heavy atom. The molecule has 1 amide bonds. The van der Waals surface area contributed by atoms with Gasteiger partial charge < -0.3 is 10.3 Å². The molecule has 1 aromatic carbocycles. The average molecular weight is 188 g/mol. The third-order valence-electron chi connectivity index (χ3n) is 2.45. The van der Waals surface area contributed by atoms with E-state index in [0.29, 0.717) is 5.69 Å². The van der Waals surface area contributed by atoms with Crippen molar-refractivity contribution in [2.75, 3.05) is 0 Å². The van der Waals surface area contributed by atoms with Crippen LogP contribution in [-0.2, 0) is 7.05 Å². The summed E-state index contributed by atoms with van der Waals surface area (Å²) in [7, 11) is 1.85. The lowest BCUT2D eigenvalue weighted by Crippen LogP contribution is -2.14. The molecule has 3 nitrogen and oxygen atoms in total. The van der Waals surface area contributed by atoms with Crippen LogP contribution in [0.2, 0.25) is 0 Å². The van der Waals surface area contributed by atoms with E-state index in [2.05, 4.69) is 0 Å². The zero-order valence-corrected chi connectivity index (χ0v) is 8.24. The summed E-state index contributed by atoms with van der Waals surface area (Å²) in [6.45, 7) is 2.02. The summed E-state index contributed by atoms with van der Waals surface area (Å²) < 4.78 is 1.82. The predicted molar refractivity (Wildman–Crippen MR) is 56.2 cm³/mol. The second-order valence-electron chi connectivity index (χ2n) is 3.52. The quantitative estimate of drug-likeness (QED) is 0.725. The lowest BCUT2D eigenvalue weighted by Gasteiger charge is -2.00. The molecule has 0 saturated carbocycles. The van der Waals surface area contributed by atoms with Crippen LogP contribution in [-0.4, -0.2) is 10.5 Å². The number of rotatable bonds is 1. The molecule has 0 aliphatic carbocycles. The SMILES string of the molecule is Cc1ccc2cc(C(N)=O)n(C)c2c1. The number of amides is 1. The number of benzene rings is 1. The van der Waals surface area contributed by atoms with E-state index in [1.165, 1.54) is 5.56 Å². The molecule has 0 atom stereocenters. The van der Waals surface area contributed by atoms with Gasteiger partial charge in [0.05, 0.1) is 0 Å². The Hall–Kier alpha value is -1.77. The minimum Gasteiger partial charge on any atom is -0.364 e. The third kappa shape index (κ3) is 1.18. The molecule has 1 heterocycles. The van der Waals surface area contributed by atoms with Gasteiger partial charge in [-0.1, -0.05) is 12.1 Å². The molecule has 0 aliphatic rings. The molecular formula is C11H12N2O. The van der Waals surface area contributed by atoms with Gasteiger partial charge in [-0.15, -0.1) is 0 Å². The lowest BCUT2D eigenvalue weighted by molar-refractivity contribution is 0.0993. The van der Waals surface area contributed by atoms with Crippen molar-refractivity contribution in [1.82, 2.24) is 4.57 Å². The van der Waals surface area contributed by atoms with Gasteiger partial charge in [0, 0.05) is 18.0 Å². The largest absolute Gasteiger partial charge is 0.364 e. The average Bonchev–Trinajstić information content (AvgIpc) is 2.44. The zero-order valence-electron chi connectivity index (χ0n) is 8.24. The Kier molecular flexibility index (Phi) is 1.81. The first-order valence-electron chi connectivity index (χ1n) is 4.45. The molecule has 14 heavy (non-hydrogen) atoms. The molecule has 0 saturated heterocycles. The number of nitrogens with zero attached hydrogens (tertiary/aromatic N) is 1. The maximum Gasteiger partial charge on any atom is 0.265 e. The van der Waals surface area contributed by atoms with Crippen LogP contribution in [0.15, 0.2) is 24.3 Å². The molecule has 0 aliphatic heterocycles. The molecule has 2 aromatic rings. The van der Waals surface area contributed by atoms with E-state index < -0.39 is 0 Å². The molecule has 0 unspecified atom stereocenters.